The molecule has 2 fully saturated rings. The maximum absolute atomic E-state index is 14.9. The molecule has 10 heterocycles. The van der Waals surface area contributed by atoms with Gasteiger partial charge in [-0.2, -0.15) is 0 Å². The Hall–Kier alpha value is -3.17. The van der Waals surface area contributed by atoms with Gasteiger partial charge in [-0.25, -0.2) is 0 Å². The van der Waals surface area contributed by atoms with Crippen molar-refractivity contribution >= 4 is 187 Å². The summed E-state index contributed by atoms with van der Waals surface area (Å²) < 4.78 is 2.54. The largest absolute Gasteiger partial charge is 0.293 e. The summed E-state index contributed by atoms with van der Waals surface area (Å²) in [6.45, 7) is 18.8. The number of hydrogen-bond donors (Lipinski definition) is 0. The second-order valence-corrected chi connectivity index (χ2v) is 38.8. The van der Waals surface area contributed by atoms with Gasteiger partial charge < -0.3 is 0 Å². The highest BCUT2D eigenvalue weighted by atomic mass is 32.2. The number of aryl methyl sites for hydroxylation is 4. The average molecular weight is 1550 g/mol. The molecule has 1 atom stereocenters. The van der Waals surface area contributed by atoms with E-state index in [-0.39, 0.29) is 17.7 Å². The molecule has 0 spiro atoms. The molecule has 2 amide bonds. The van der Waals surface area contributed by atoms with Crippen LogP contribution in [-0.4, -0.2) is 49.1 Å². The smallest absolute Gasteiger partial charge is 0.266 e. The quantitative estimate of drug-likeness (QED) is 0.0163. The van der Waals surface area contributed by atoms with Gasteiger partial charge >= 0.3 is 0 Å². The van der Waals surface area contributed by atoms with Crippen LogP contribution in [0.1, 0.15) is 277 Å². The Morgan fingerprint density at radius 3 is 1.13 bits per heavy atom. The van der Waals surface area contributed by atoms with Crippen LogP contribution in [0.4, 0.5) is 0 Å². The minimum atomic E-state index is 0.0175. The average Bonchev–Trinajstić information content (AvgIpc) is 1.59. The van der Waals surface area contributed by atoms with E-state index >= 15 is 0 Å². The number of thiocarbonyl (C=S) groups is 2. The van der Waals surface area contributed by atoms with Crippen LogP contribution in [0.5, 0.6) is 0 Å². The van der Waals surface area contributed by atoms with E-state index in [4.69, 9.17) is 24.4 Å². The van der Waals surface area contributed by atoms with E-state index < -0.39 is 0 Å². The second kappa shape index (κ2) is 39.8. The summed E-state index contributed by atoms with van der Waals surface area (Å²) >= 11 is 29.4. The maximum Gasteiger partial charge on any atom is 0.266 e. The number of thiophene rings is 8. The zero-order chi connectivity index (χ0) is 69.8. The molecule has 0 aromatic carbocycles. The van der Waals surface area contributed by atoms with Gasteiger partial charge in [-0.3, -0.25) is 24.2 Å². The van der Waals surface area contributed by atoms with Crippen molar-refractivity contribution in [3.8, 4) is 58.5 Å². The van der Waals surface area contributed by atoms with Crippen LogP contribution in [-0.2, 0) is 35.3 Å². The molecule has 5 nitrogen and oxygen atoms in total. The van der Waals surface area contributed by atoms with Gasteiger partial charge in [0.1, 0.15) is 8.64 Å². The molecule has 8 aromatic rings. The Labute approximate surface area is 644 Å². The summed E-state index contributed by atoms with van der Waals surface area (Å²) in [5.74, 6) is 0.365. The molecular formula is C82H104N2O3S12. The van der Waals surface area contributed by atoms with E-state index in [9.17, 15) is 14.4 Å². The van der Waals surface area contributed by atoms with Crippen LogP contribution >= 0.6 is 139 Å². The lowest BCUT2D eigenvalue weighted by atomic mass is 9.94. The third kappa shape index (κ3) is 20.3. The SMILES string of the molecule is CCCCCCCCc1cc(/C=C2\SC(=S)N(CC)C2=O)sc1-c1ccc(-c2sc(-c3sc(-c4cc(CCCCCCCC)c(-c5ccc(-c6sc(/C=C7\SC(=S)N(CC)C7=O)cc6CCCCCCCC)s5)s4)c4sc(C(=O)C(CC)CCCC)cc34)cc2CCCCCCCC)s1. The predicted molar refractivity (Wildman–Crippen MR) is 457 cm³/mol. The number of carbonyl (C=O) groups excluding carboxylic acids is 3. The first-order chi connectivity index (χ1) is 48.3. The number of nitrogens with zero attached hydrogens (tertiary/aromatic N) is 2. The van der Waals surface area contributed by atoms with Crippen molar-refractivity contribution in [3.05, 3.63) is 101 Å². The number of likely N-dealkylation sites (N-methyl/N-ethyl adjacent to an activating group) is 2. The van der Waals surface area contributed by atoms with Crippen LogP contribution < -0.4 is 0 Å². The number of ketones is 1. The Kier molecular flexibility index (Phi) is 31.5. The number of amides is 2. The summed E-state index contributed by atoms with van der Waals surface area (Å²) in [4.78, 5) is 65.9. The molecule has 0 aliphatic carbocycles. The lowest BCUT2D eigenvalue weighted by Crippen LogP contribution is -2.27. The first-order valence-electron chi connectivity index (χ1n) is 37.7. The second-order valence-electron chi connectivity index (χ2n) is 26.9. The van der Waals surface area contributed by atoms with Crippen LogP contribution in [0, 0.1) is 5.92 Å². The molecule has 2 aliphatic heterocycles. The number of unbranched alkanes of at least 4 members (excludes halogenated alkanes) is 21. The Bertz CT molecular complexity index is 3810. The van der Waals surface area contributed by atoms with Gasteiger partial charge in [-0.15, -0.1) is 90.7 Å². The normalized spacial score (nSPS) is 14.8. The van der Waals surface area contributed by atoms with Crippen LogP contribution in [0.25, 0.3) is 80.8 Å². The van der Waals surface area contributed by atoms with E-state index in [0.717, 1.165) is 101 Å². The molecule has 0 radical (unpaired) electrons. The van der Waals surface area contributed by atoms with Crippen molar-refractivity contribution in [2.75, 3.05) is 13.1 Å². The lowest BCUT2D eigenvalue weighted by Gasteiger charge is -2.11. The standard InChI is InChI=1S/C82H104N2O3S12/c1-9-17-22-26-30-34-39-55-47-59(51-69-79(86)83(15-7)81(88)97-69)90-72(55)62-43-45-64(92-62)74-57(41-36-32-28-24-19-11-3)49-67(95-74)76-61-53-66(71(85)54(14-6)38-21-13-5)94-77(61)78(99-76)68-50-58(42-37-33-29-25-20-12-4)75(96-68)65-46-44-63(93-65)73-56(40-35-31-27-23-18-10-2)48-60(91-73)52-70-80(87)84(16-8)82(89)98-70/h43-54H,9-42H2,1-8H3/b69-51-,70-52-. The molecular weight excluding hydrogens is 1450 g/mol. The summed E-state index contributed by atoms with van der Waals surface area (Å²) in [5.41, 5.74) is 5.64. The Morgan fingerprint density at radius 1 is 0.394 bits per heavy atom. The molecule has 1 unspecified atom stereocenters. The zero-order valence-electron chi connectivity index (χ0n) is 60.0. The molecule has 0 saturated carbocycles. The highest BCUT2D eigenvalue weighted by molar-refractivity contribution is 8.27. The first-order valence-corrected chi connectivity index (χ1v) is 46.7. The summed E-state index contributed by atoms with van der Waals surface area (Å²) in [6, 6.07) is 21.7. The number of hydrogen-bond acceptors (Lipinski definition) is 15. The molecule has 0 bridgehead atoms. The lowest BCUT2D eigenvalue weighted by molar-refractivity contribution is -0.122. The van der Waals surface area contributed by atoms with E-state index in [1.807, 2.05) is 93.2 Å². The van der Waals surface area contributed by atoms with Crippen molar-refractivity contribution < 1.29 is 14.4 Å². The molecule has 10 rings (SSSR count). The van der Waals surface area contributed by atoms with Crippen molar-refractivity contribution in [1.29, 1.82) is 0 Å². The van der Waals surface area contributed by atoms with Crippen LogP contribution in [0.3, 0.4) is 0 Å². The van der Waals surface area contributed by atoms with Crippen LogP contribution in [0.2, 0.25) is 0 Å². The molecule has 2 aliphatic rings. The fourth-order valence-electron chi connectivity index (χ4n) is 13.6. The molecule has 17 heteroatoms. The minimum absolute atomic E-state index is 0.0175. The third-order valence-corrected chi connectivity index (χ3v) is 32.5. The van der Waals surface area contributed by atoms with E-state index in [0.29, 0.717) is 27.5 Å². The van der Waals surface area contributed by atoms with Crippen molar-refractivity contribution in [1.82, 2.24) is 9.80 Å². The van der Waals surface area contributed by atoms with Gasteiger partial charge in [-0.1, -0.05) is 231 Å². The van der Waals surface area contributed by atoms with E-state index in [1.165, 1.54) is 243 Å². The monoisotopic (exact) mass is 1550 g/mol. The first kappa shape index (κ1) is 78.4. The van der Waals surface area contributed by atoms with E-state index in [2.05, 4.69) is 108 Å². The van der Waals surface area contributed by atoms with Gasteiger partial charge in [0.2, 0.25) is 0 Å². The predicted octanol–water partition coefficient (Wildman–Crippen LogP) is 29.8. The topological polar surface area (TPSA) is 57.7 Å². The van der Waals surface area contributed by atoms with E-state index in [1.54, 1.807) is 21.1 Å². The fourth-order valence-corrected chi connectivity index (χ4v) is 26.8. The van der Waals surface area contributed by atoms with Crippen molar-refractivity contribution in [3.63, 3.8) is 0 Å². The number of carbonyl (C=O) groups is 3. The molecule has 99 heavy (non-hydrogen) atoms. The molecule has 532 valence electrons. The third-order valence-electron chi connectivity index (χ3n) is 19.4. The number of rotatable bonds is 44. The van der Waals surface area contributed by atoms with Crippen molar-refractivity contribution in [2.45, 2.75) is 261 Å². The maximum atomic E-state index is 14.9. The summed E-state index contributed by atoms with van der Waals surface area (Å²) in [6.07, 6.45) is 42.2. The van der Waals surface area contributed by atoms with Gasteiger partial charge in [0.25, 0.3) is 11.8 Å². The van der Waals surface area contributed by atoms with Gasteiger partial charge in [0.15, 0.2) is 5.78 Å². The summed E-state index contributed by atoms with van der Waals surface area (Å²) in [5, 5.41) is 1.23. The summed E-state index contributed by atoms with van der Waals surface area (Å²) in [7, 11) is 0. The number of fused-ring (bicyclic) bond motifs is 1. The van der Waals surface area contributed by atoms with Gasteiger partial charge in [0.05, 0.1) is 29.1 Å². The molecule has 0 N–H and O–H groups in total. The van der Waals surface area contributed by atoms with Gasteiger partial charge in [0, 0.05) is 82.9 Å². The zero-order valence-corrected chi connectivity index (χ0v) is 69.8. The fraction of sp³-hybridized carbons (Fsp3) is 0.524. The van der Waals surface area contributed by atoms with Crippen molar-refractivity contribution in [2.24, 2.45) is 5.92 Å². The minimum Gasteiger partial charge on any atom is -0.293 e. The number of Topliss-reactive ketones (excluding diaryl/α,β-unsaturated/α-hetero) is 1. The highest BCUT2D eigenvalue weighted by Crippen LogP contribution is 2.56. The number of thioether (sulfide) groups is 2. The molecule has 8 aromatic heterocycles. The Balaban J connectivity index is 1.05. The van der Waals surface area contributed by atoms with Crippen LogP contribution in [0.15, 0.2) is 64.4 Å². The molecule has 2 saturated heterocycles. The van der Waals surface area contributed by atoms with Gasteiger partial charge in [-0.05, 0) is 167 Å². The highest BCUT2D eigenvalue weighted by Gasteiger charge is 2.33. The Morgan fingerprint density at radius 2 is 0.758 bits per heavy atom.